The zero-order valence-corrected chi connectivity index (χ0v) is 13.5. The molecule has 1 aromatic rings. The Morgan fingerprint density at radius 3 is 2.77 bits per heavy atom. The molecule has 1 amide bonds. The lowest BCUT2D eigenvalue weighted by atomic mass is 10.2. The number of ether oxygens (including phenoxy) is 1. The minimum Gasteiger partial charge on any atom is -0.372 e. The molecule has 22 heavy (non-hydrogen) atoms. The van der Waals surface area contributed by atoms with Gasteiger partial charge in [-0.15, -0.1) is 0 Å². The van der Waals surface area contributed by atoms with Crippen molar-refractivity contribution in [2.75, 3.05) is 26.2 Å². The standard InChI is InChI=1S/C16H26N4O2/c1-13-9-19(10-14(2)22-13)16(21)12-18-7-3-5-15(18)11-20-8-4-6-17-20/h4,6,8,13-15H,3,5,7,9-12H2,1-2H3/t13-,14+,15-/m0/s1. The lowest BCUT2D eigenvalue weighted by molar-refractivity contribution is -0.144. The van der Waals surface area contributed by atoms with Gasteiger partial charge < -0.3 is 9.64 Å². The molecule has 1 aromatic heterocycles. The molecule has 6 heteroatoms. The van der Waals surface area contributed by atoms with Gasteiger partial charge in [0.1, 0.15) is 0 Å². The number of likely N-dealkylation sites (tertiary alicyclic amines) is 1. The molecule has 2 aliphatic heterocycles. The van der Waals surface area contributed by atoms with Gasteiger partial charge >= 0.3 is 0 Å². The average molecular weight is 306 g/mol. The fraction of sp³-hybridized carbons (Fsp3) is 0.750. The summed E-state index contributed by atoms with van der Waals surface area (Å²) >= 11 is 0. The Bertz CT molecular complexity index is 480. The van der Waals surface area contributed by atoms with Gasteiger partial charge in [0.15, 0.2) is 0 Å². The van der Waals surface area contributed by atoms with Crippen molar-refractivity contribution in [1.82, 2.24) is 19.6 Å². The fourth-order valence-electron chi connectivity index (χ4n) is 3.59. The minimum atomic E-state index is 0.131. The van der Waals surface area contributed by atoms with E-state index in [2.05, 4.69) is 10.00 Å². The number of nitrogens with zero attached hydrogens (tertiary/aromatic N) is 4. The number of amides is 1. The first-order chi connectivity index (χ1) is 10.6. The van der Waals surface area contributed by atoms with Crippen LogP contribution >= 0.6 is 0 Å². The van der Waals surface area contributed by atoms with Crippen LogP contribution in [0.15, 0.2) is 18.5 Å². The number of hydrogen-bond donors (Lipinski definition) is 0. The molecule has 6 nitrogen and oxygen atoms in total. The van der Waals surface area contributed by atoms with E-state index in [1.54, 1.807) is 6.20 Å². The maximum Gasteiger partial charge on any atom is 0.236 e. The maximum atomic E-state index is 12.6. The molecule has 3 rings (SSSR count). The number of morpholine rings is 1. The van der Waals surface area contributed by atoms with E-state index in [1.165, 1.54) is 0 Å². The quantitative estimate of drug-likeness (QED) is 0.832. The topological polar surface area (TPSA) is 50.6 Å². The first-order valence-corrected chi connectivity index (χ1v) is 8.26. The monoisotopic (exact) mass is 306 g/mol. The third kappa shape index (κ3) is 3.67. The molecule has 0 aromatic carbocycles. The molecule has 122 valence electrons. The highest BCUT2D eigenvalue weighted by Crippen LogP contribution is 2.19. The van der Waals surface area contributed by atoms with E-state index in [9.17, 15) is 4.79 Å². The average Bonchev–Trinajstić information content (AvgIpc) is 3.11. The van der Waals surface area contributed by atoms with E-state index >= 15 is 0 Å². The predicted octanol–water partition coefficient (Wildman–Crippen LogP) is 0.983. The van der Waals surface area contributed by atoms with Crippen molar-refractivity contribution in [3.8, 4) is 0 Å². The van der Waals surface area contributed by atoms with Crippen LogP contribution in [0.2, 0.25) is 0 Å². The number of hydrogen-bond acceptors (Lipinski definition) is 4. The molecule has 0 N–H and O–H groups in total. The first-order valence-electron chi connectivity index (χ1n) is 8.26. The van der Waals surface area contributed by atoms with Crippen molar-refractivity contribution in [3.63, 3.8) is 0 Å². The van der Waals surface area contributed by atoms with E-state index in [-0.39, 0.29) is 18.1 Å². The van der Waals surface area contributed by atoms with Crippen LogP contribution in [-0.2, 0) is 16.1 Å². The molecule has 3 atom stereocenters. The highest BCUT2D eigenvalue weighted by molar-refractivity contribution is 5.78. The Kier molecular flexibility index (Phi) is 4.78. The third-order valence-electron chi connectivity index (χ3n) is 4.57. The van der Waals surface area contributed by atoms with Crippen LogP contribution in [0, 0.1) is 0 Å². The Morgan fingerprint density at radius 2 is 2.09 bits per heavy atom. The summed E-state index contributed by atoms with van der Waals surface area (Å²) in [4.78, 5) is 16.9. The largest absolute Gasteiger partial charge is 0.372 e. The molecule has 2 fully saturated rings. The van der Waals surface area contributed by atoms with Crippen LogP contribution in [0.1, 0.15) is 26.7 Å². The van der Waals surface area contributed by atoms with E-state index in [0.29, 0.717) is 25.7 Å². The van der Waals surface area contributed by atoms with Gasteiger partial charge in [0.05, 0.1) is 25.3 Å². The van der Waals surface area contributed by atoms with E-state index in [0.717, 1.165) is 25.9 Å². The summed E-state index contributed by atoms with van der Waals surface area (Å²) in [5, 5.41) is 4.28. The van der Waals surface area contributed by atoms with Crippen molar-refractivity contribution in [2.24, 2.45) is 0 Å². The van der Waals surface area contributed by atoms with Gasteiger partial charge in [0.25, 0.3) is 0 Å². The summed E-state index contributed by atoms with van der Waals surface area (Å²) in [6, 6.07) is 2.36. The summed E-state index contributed by atoms with van der Waals surface area (Å²) < 4.78 is 7.67. The number of aromatic nitrogens is 2. The first kappa shape index (κ1) is 15.5. The molecule has 0 saturated carbocycles. The second-order valence-corrected chi connectivity index (χ2v) is 6.55. The highest BCUT2D eigenvalue weighted by Gasteiger charge is 2.31. The van der Waals surface area contributed by atoms with Gasteiger partial charge in [-0.2, -0.15) is 5.10 Å². The van der Waals surface area contributed by atoms with Crippen LogP contribution in [0.3, 0.4) is 0 Å². The lowest BCUT2D eigenvalue weighted by Gasteiger charge is -2.36. The van der Waals surface area contributed by atoms with Gasteiger partial charge in [-0.3, -0.25) is 14.4 Å². The molecule has 0 radical (unpaired) electrons. The Labute approximate surface area is 132 Å². The fourth-order valence-corrected chi connectivity index (χ4v) is 3.59. The maximum absolute atomic E-state index is 12.6. The van der Waals surface area contributed by atoms with Crippen LogP contribution in [0.25, 0.3) is 0 Å². The zero-order valence-electron chi connectivity index (χ0n) is 13.5. The number of carbonyl (C=O) groups is 1. The van der Waals surface area contributed by atoms with Gasteiger partial charge in [-0.05, 0) is 39.3 Å². The molecule has 2 saturated heterocycles. The van der Waals surface area contributed by atoms with Gasteiger partial charge in [-0.1, -0.05) is 0 Å². The van der Waals surface area contributed by atoms with Crippen LogP contribution in [0.5, 0.6) is 0 Å². The smallest absolute Gasteiger partial charge is 0.236 e. The molecule has 0 spiro atoms. The number of carbonyl (C=O) groups excluding carboxylic acids is 1. The Hall–Kier alpha value is -1.40. The minimum absolute atomic E-state index is 0.131. The van der Waals surface area contributed by atoms with Crippen molar-refractivity contribution >= 4 is 5.91 Å². The summed E-state index contributed by atoms with van der Waals surface area (Å²) in [7, 11) is 0. The van der Waals surface area contributed by atoms with E-state index in [4.69, 9.17) is 4.74 Å². The Balaban J connectivity index is 1.55. The summed E-state index contributed by atoms with van der Waals surface area (Å²) in [6.07, 6.45) is 6.36. The summed E-state index contributed by atoms with van der Waals surface area (Å²) in [5.74, 6) is 0.231. The van der Waals surface area contributed by atoms with Gasteiger partial charge in [0.2, 0.25) is 5.91 Å². The molecular formula is C16H26N4O2. The molecule has 0 aliphatic carbocycles. The van der Waals surface area contributed by atoms with Crippen LogP contribution in [-0.4, -0.2) is 69.9 Å². The molecular weight excluding hydrogens is 280 g/mol. The number of rotatable bonds is 4. The van der Waals surface area contributed by atoms with Crippen LogP contribution < -0.4 is 0 Å². The molecule has 0 bridgehead atoms. The predicted molar refractivity (Wildman–Crippen MR) is 83.4 cm³/mol. The lowest BCUT2D eigenvalue weighted by Crippen LogP contribution is -2.51. The third-order valence-corrected chi connectivity index (χ3v) is 4.57. The van der Waals surface area contributed by atoms with E-state index < -0.39 is 0 Å². The van der Waals surface area contributed by atoms with Gasteiger partial charge in [0, 0.05) is 31.5 Å². The summed E-state index contributed by atoms with van der Waals surface area (Å²) in [5.41, 5.74) is 0. The normalized spacial score (nSPS) is 29.9. The Morgan fingerprint density at radius 1 is 1.32 bits per heavy atom. The second-order valence-electron chi connectivity index (χ2n) is 6.55. The highest BCUT2D eigenvalue weighted by atomic mass is 16.5. The van der Waals surface area contributed by atoms with Crippen molar-refractivity contribution < 1.29 is 9.53 Å². The van der Waals surface area contributed by atoms with Crippen LogP contribution in [0.4, 0.5) is 0 Å². The van der Waals surface area contributed by atoms with Crippen molar-refractivity contribution in [2.45, 2.75) is 51.5 Å². The van der Waals surface area contributed by atoms with Gasteiger partial charge in [-0.25, -0.2) is 0 Å². The molecule has 3 heterocycles. The zero-order chi connectivity index (χ0) is 15.5. The van der Waals surface area contributed by atoms with E-state index in [1.807, 2.05) is 35.7 Å². The van der Waals surface area contributed by atoms with Crippen molar-refractivity contribution in [1.29, 1.82) is 0 Å². The molecule has 0 unspecified atom stereocenters. The SMILES string of the molecule is C[C@@H]1CN(C(=O)CN2CCC[C@H]2Cn2cccn2)C[C@H](C)O1. The van der Waals surface area contributed by atoms with Crippen molar-refractivity contribution in [3.05, 3.63) is 18.5 Å². The second kappa shape index (κ2) is 6.79. The molecule has 2 aliphatic rings. The summed E-state index contributed by atoms with van der Waals surface area (Å²) in [6.45, 7) is 7.88.